The van der Waals surface area contributed by atoms with Gasteiger partial charge < -0.3 is 20.5 Å². The number of ether oxygens (including phenoxy) is 1. The molecule has 0 radical (unpaired) electrons. The summed E-state index contributed by atoms with van der Waals surface area (Å²) in [6, 6.07) is 5.56. The Morgan fingerprint density at radius 3 is 2.57 bits per heavy atom. The number of phenolic OH excluding ortho intramolecular Hbond substituents is 1. The summed E-state index contributed by atoms with van der Waals surface area (Å²) < 4.78 is 5.13. The number of para-hydroxylation sites is 1. The van der Waals surface area contributed by atoms with Crippen molar-refractivity contribution in [3.8, 4) is 11.5 Å². The molecule has 1 aromatic carbocycles. The van der Waals surface area contributed by atoms with E-state index in [0.29, 0.717) is 24.6 Å². The van der Waals surface area contributed by atoms with Gasteiger partial charge in [0.1, 0.15) is 0 Å². The first-order valence-corrected chi connectivity index (χ1v) is 8.53. The number of methoxy groups -OCH3 is 1. The van der Waals surface area contributed by atoms with Crippen molar-refractivity contribution in [2.45, 2.75) is 40.0 Å². The molecule has 1 aromatic rings. The zero-order chi connectivity index (χ0) is 17.1. The SMILES string of the molecule is CCNC(=NCC(CC)CC)NCCc1cccc(OC)c1O. The van der Waals surface area contributed by atoms with E-state index in [1.165, 1.54) is 0 Å². The average molecular weight is 321 g/mol. The first-order valence-electron chi connectivity index (χ1n) is 8.53. The van der Waals surface area contributed by atoms with Crippen LogP contribution >= 0.6 is 0 Å². The Kier molecular flexibility index (Phi) is 8.95. The van der Waals surface area contributed by atoms with E-state index >= 15 is 0 Å². The molecule has 3 N–H and O–H groups in total. The van der Waals surface area contributed by atoms with Crippen LogP contribution in [0.15, 0.2) is 23.2 Å². The highest BCUT2D eigenvalue weighted by atomic mass is 16.5. The summed E-state index contributed by atoms with van der Waals surface area (Å²) in [7, 11) is 1.56. The number of nitrogens with one attached hydrogen (secondary N) is 2. The van der Waals surface area contributed by atoms with E-state index in [0.717, 1.165) is 37.5 Å². The molecule has 130 valence electrons. The lowest BCUT2D eigenvalue weighted by atomic mass is 10.0. The Morgan fingerprint density at radius 2 is 1.96 bits per heavy atom. The average Bonchev–Trinajstić information content (AvgIpc) is 2.57. The van der Waals surface area contributed by atoms with E-state index in [2.05, 4.69) is 36.4 Å². The second-order valence-corrected chi connectivity index (χ2v) is 5.55. The van der Waals surface area contributed by atoms with Gasteiger partial charge in [0.15, 0.2) is 17.5 Å². The topological polar surface area (TPSA) is 65.9 Å². The van der Waals surface area contributed by atoms with Crippen LogP contribution in [0.1, 0.15) is 39.2 Å². The zero-order valence-corrected chi connectivity index (χ0v) is 14.9. The van der Waals surface area contributed by atoms with Crippen molar-refractivity contribution in [1.82, 2.24) is 10.6 Å². The fourth-order valence-corrected chi connectivity index (χ4v) is 2.36. The van der Waals surface area contributed by atoms with E-state index in [9.17, 15) is 5.11 Å². The minimum Gasteiger partial charge on any atom is -0.504 e. The highest BCUT2D eigenvalue weighted by Gasteiger charge is 2.08. The van der Waals surface area contributed by atoms with Crippen LogP contribution in [-0.2, 0) is 6.42 Å². The third-order valence-electron chi connectivity index (χ3n) is 4.00. The Hall–Kier alpha value is -1.91. The van der Waals surface area contributed by atoms with Gasteiger partial charge in [-0.3, -0.25) is 4.99 Å². The van der Waals surface area contributed by atoms with Gasteiger partial charge >= 0.3 is 0 Å². The summed E-state index contributed by atoms with van der Waals surface area (Å²) in [6.07, 6.45) is 3.01. The number of rotatable bonds is 9. The normalized spacial score (nSPS) is 11.6. The summed E-state index contributed by atoms with van der Waals surface area (Å²) in [5, 5.41) is 16.7. The van der Waals surface area contributed by atoms with Gasteiger partial charge in [-0.2, -0.15) is 0 Å². The molecule has 0 aliphatic rings. The third-order valence-corrected chi connectivity index (χ3v) is 4.00. The van der Waals surface area contributed by atoms with Crippen LogP contribution in [0.3, 0.4) is 0 Å². The third kappa shape index (κ3) is 6.38. The molecular formula is C18H31N3O2. The molecule has 0 saturated carbocycles. The number of phenols is 1. The molecule has 5 heteroatoms. The van der Waals surface area contributed by atoms with Gasteiger partial charge in [0.25, 0.3) is 0 Å². The van der Waals surface area contributed by atoms with E-state index in [1.807, 2.05) is 12.1 Å². The molecule has 23 heavy (non-hydrogen) atoms. The van der Waals surface area contributed by atoms with Gasteiger partial charge in [0.2, 0.25) is 0 Å². The van der Waals surface area contributed by atoms with Crippen molar-refractivity contribution in [2.24, 2.45) is 10.9 Å². The second kappa shape index (κ2) is 10.8. The smallest absolute Gasteiger partial charge is 0.191 e. The zero-order valence-electron chi connectivity index (χ0n) is 14.9. The maximum absolute atomic E-state index is 10.1. The molecule has 0 spiro atoms. The van der Waals surface area contributed by atoms with Crippen molar-refractivity contribution < 1.29 is 9.84 Å². The predicted molar refractivity (Wildman–Crippen MR) is 96.4 cm³/mol. The van der Waals surface area contributed by atoms with Gasteiger partial charge in [0.05, 0.1) is 7.11 Å². The molecule has 0 unspecified atom stereocenters. The van der Waals surface area contributed by atoms with Crippen LogP contribution < -0.4 is 15.4 Å². The molecule has 0 amide bonds. The Labute approximate surface area is 140 Å². The Bertz CT molecular complexity index is 485. The number of aromatic hydroxyl groups is 1. The Morgan fingerprint density at radius 1 is 1.22 bits per heavy atom. The van der Waals surface area contributed by atoms with Gasteiger partial charge in [-0.05, 0) is 30.9 Å². The summed E-state index contributed by atoms with van der Waals surface area (Å²) in [6.45, 7) is 8.84. The van der Waals surface area contributed by atoms with Crippen LogP contribution in [0.25, 0.3) is 0 Å². The van der Waals surface area contributed by atoms with Crippen molar-refractivity contribution in [1.29, 1.82) is 0 Å². The molecule has 0 atom stereocenters. The standard InChI is InChI=1S/C18H31N3O2/c1-5-14(6-2)13-21-18(19-7-3)20-12-11-15-9-8-10-16(23-4)17(15)22/h8-10,14,22H,5-7,11-13H2,1-4H3,(H2,19,20,21). The van der Waals surface area contributed by atoms with Crippen LogP contribution in [0.5, 0.6) is 11.5 Å². The molecule has 0 aromatic heterocycles. The van der Waals surface area contributed by atoms with Crippen LogP contribution in [0, 0.1) is 5.92 Å². The largest absolute Gasteiger partial charge is 0.504 e. The van der Waals surface area contributed by atoms with Gasteiger partial charge in [-0.15, -0.1) is 0 Å². The molecule has 0 aliphatic heterocycles. The fraction of sp³-hybridized carbons (Fsp3) is 0.611. The van der Waals surface area contributed by atoms with Crippen molar-refractivity contribution in [3.05, 3.63) is 23.8 Å². The van der Waals surface area contributed by atoms with Gasteiger partial charge in [-0.25, -0.2) is 0 Å². The molecule has 0 aliphatic carbocycles. The fourth-order valence-electron chi connectivity index (χ4n) is 2.36. The van der Waals surface area contributed by atoms with Crippen LogP contribution in [0.2, 0.25) is 0 Å². The van der Waals surface area contributed by atoms with Crippen LogP contribution in [0.4, 0.5) is 0 Å². The molecule has 0 heterocycles. The molecule has 0 saturated heterocycles. The second-order valence-electron chi connectivity index (χ2n) is 5.55. The van der Waals surface area contributed by atoms with E-state index < -0.39 is 0 Å². The maximum Gasteiger partial charge on any atom is 0.191 e. The van der Waals surface area contributed by atoms with Crippen molar-refractivity contribution in [3.63, 3.8) is 0 Å². The first kappa shape index (κ1) is 19.1. The lowest BCUT2D eigenvalue weighted by molar-refractivity contribution is 0.370. The molecule has 5 nitrogen and oxygen atoms in total. The van der Waals surface area contributed by atoms with Crippen LogP contribution in [-0.4, -0.2) is 37.8 Å². The molecule has 1 rings (SSSR count). The van der Waals surface area contributed by atoms with E-state index in [4.69, 9.17) is 4.74 Å². The number of nitrogens with zero attached hydrogens (tertiary/aromatic N) is 1. The minimum absolute atomic E-state index is 0.218. The highest BCUT2D eigenvalue weighted by molar-refractivity contribution is 5.79. The van der Waals surface area contributed by atoms with E-state index in [-0.39, 0.29) is 5.75 Å². The van der Waals surface area contributed by atoms with Gasteiger partial charge in [-0.1, -0.05) is 38.8 Å². The molecule has 0 bridgehead atoms. The number of aliphatic imine (C=N–C) groups is 1. The summed E-state index contributed by atoms with van der Waals surface area (Å²) in [5.74, 6) is 2.20. The number of hydrogen-bond acceptors (Lipinski definition) is 3. The monoisotopic (exact) mass is 321 g/mol. The summed E-state index contributed by atoms with van der Waals surface area (Å²) in [5.41, 5.74) is 0.868. The molecule has 0 fully saturated rings. The van der Waals surface area contributed by atoms with Gasteiger partial charge in [0, 0.05) is 19.6 Å². The highest BCUT2D eigenvalue weighted by Crippen LogP contribution is 2.29. The maximum atomic E-state index is 10.1. The Balaban J connectivity index is 2.57. The summed E-state index contributed by atoms with van der Waals surface area (Å²) >= 11 is 0. The minimum atomic E-state index is 0.218. The molecular weight excluding hydrogens is 290 g/mol. The number of guanidine groups is 1. The first-order chi connectivity index (χ1) is 11.2. The van der Waals surface area contributed by atoms with Crippen molar-refractivity contribution in [2.75, 3.05) is 26.7 Å². The van der Waals surface area contributed by atoms with E-state index in [1.54, 1.807) is 13.2 Å². The summed E-state index contributed by atoms with van der Waals surface area (Å²) in [4.78, 5) is 4.65. The lowest BCUT2D eigenvalue weighted by Crippen LogP contribution is -2.38. The number of hydrogen-bond donors (Lipinski definition) is 3. The van der Waals surface area contributed by atoms with Crippen molar-refractivity contribution >= 4 is 5.96 Å². The predicted octanol–water partition coefficient (Wildman–Crippen LogP) is 2.93. The lowest BCUT2D eigenvalue weighted by Gasteiger charge is -2.14. The number of benzene rings is 1. The quantitative estimate of drug-likeness (QED) is 0.483.